The standard InChI is InChI=1S/C19H27N3O5/c1-13(2)20(4)18(23)12-27-19(24)16-11-15(22(25)26)5-6-17(16)21-9-7-14(3)8-10-21/h5-6,11,13-14H,7-10,12H2,1-4H3. The quantitative estimate of drug-likeness (QED) is 0.430. The zero-order valence-corrected chi connectivity index (χ0v) is 16.3. The summed E-state index contributed by atoms with van der Waals surface area (Å²) in [6.45, 7) is 7.04. The number of esters is 1. The monoisotopic (exact) mass is 377 g/mol. The maximum atomic E-state index is 12.6. The fourth-order valence-electron chi connectivity index (χ4n) is 2.92. The van der Waals surface area contributed by atoms with Gasteiger partial charge in [0.1, 0.15) is 0 Å². The zero-order chi connectivity index (χ0) is 20.1. The van der Waals surface area contributed by atoms with E-state index in [2.05, 4.69) is 6.92 Å². The Kier molecular flexibility index (Phi) is 6.76. The van der Waals surface area contributed by atoms with Crippen molar-refractivity contribution >= 4 is 23.3 Å². The summed E-state index contributed by atoms with van der Waals surface area (Å²) in [5.41, 5.74) is 0.558. The summed E-state index contributed by atoms with van der Waals surface area (Å²) in [6, 6.07) is 4.20. The lowest BCUT2D eigenvalue weighted by Crippen LogP contribution is -2.36. The number of amides is 1. The van der Waals surface area contributed by atoms with Crippen molar-refractivity contribution in [3.63, 3.8) is 0 Å². The minimum Gasteiger partial charge on any atom is -0.452 e. The van der Waals surface area contributed by atoms with Crippen LogP contribution in [0.5, 0.6) is 0 Å². The van der Waals surface area contributed by atoms with E-state index in [1.807, 2.05) is 18.7 Å². The summed E-state index contributed by atoms with van der Waals surface area (Å²) in [6.07, 6.45) is 1.98. The lowest BCUT2D eigenvalue weighted by atomic mass is 9.98. The van der Waals surface area contributed by atoms with Crippen molar-refractivity contribution in [3.8, 4) is 0 Å². The smallest absolute Gasteiger partial charge is 0.341 e. The number of carbonyl (C=O) groups is 2. The normalized spacial score (nSPS) is 14.9. The average molecular weight is 377 g/mol. The first-order valence-electron chi connectivity index (χ1n) is 9.17. The molecule has 1 aromatic rings. The summed E-state index contributed by atoms with van der Waals surface area (Å²) in [7, 11) is 1.63. The van der Waals surface area contributed by atoms with Crippen LogP contribution >= 0.6 is 0 Å². The highest BCUT2D eigenvalue weighted by Gasteiger charge is 2.25. The van der Waals surface area contributed by atoms with Gasteiger partial charge in [0, 0.05) is 38.3 Å². The summed E-state index contributed by atoms with van der Waals surface area (Å²) < 4.78 is 5.17. The Morgan fingerprint density at radius 2 is 1.96 bits per heavy atom. The van der Waals surface area contributed by atoms with Crippen LogP contribution in [0.3, 0.4) is 0 Å². The van der Waals surface area contributed by atoms with Crippen LogP contribution in [0.25, 0.3) is 0 Å². The number of nitrogens with zero attached hydrogens (tertiary/aromatic N) is 3. The van der Waals surface area contributed by atoms with Crippen LogP contribution < -0.4 is 4.90 Å². The number of likely N-dealkylation sites (N-methyl/N-ethyl adjacent to an activating group) is 1. The van der Waals surface area contributed by atoms with Crippen LogP contribution in [-0.2, 0) is 9.53 Å². The maximum Gasteiger partial charge on any atom is 0.341 e. The minimum absolute atomic E-state index is 0.0140. The molecular formula is C19H27N3O5. The highest BCUT2D eigenvalue weighted by atomic mass is 16.6. The molecule has 1 amide bonds. The number of non-ortho nitro benzene ring substituents is 1. The lowest BCUT2D eigenvalue weighted by molar-refractivity contribution is -0.384. The van der Waals surface area contributed by atoms with Gasteiger partial charge in [0.15, 0.2) is 6.61 Å². The molecule has 1 aliphatic rings. The summed E-state index contributed by atoms with van der Waals surface area (Å²) in [5.74, 6) is -0.436. The first-order valence-corrected chi connectivity index (χ1v) is 9.17. The number of ether oxygens (including phenoxy) is 1. The highest BCUT2D eigenvalue weighted by molar-refractivity contribution is 5.97. The summed E-state index contributed by atoms with van der Waals surface area (Å²) >= 11 is 0. The van der Waals surface area contributed by atoms with Gasteiger partial charge in [-0.15, -0.1) is 0 Å². The van der Waals surface area contributed by atoms with Crippen LogP contribution in [0.1, 0.15) is 44.0 Å². The van der Waals surface area contributed by atoms with Gasteiger partial charge in [0.05, 0.1) is 16.2 Å². The first kappa shape index (κ1) is 20.7. The van der Waals surface area contributed by atoms with Crippen molar-refractivity contribution in [2.75, 3.05) is 31.6 Å². The van der Waals surface area contributed by atoms with Gasteiger partial charge in [-0.25, -0.2) is 4.79 Å². The Bertz CT molecular complexity index is 711. The van der Waals surface area contributed by atoms with E-state index in [4.69, 9.17) is 4.74 Å². The highest BCUT2D eigenvalue weighted by Crippen LogP contribution is 2.29. The van der Waals surface area contributed by atoms with Crippen molar-refractivity contribution in [1.82, 2.24) is 4.90 Å². The summed E-state index contributed by atoms with van der Waals surface area (Å²) in [5, 5.41) is 11.1. The SMILES string of the molecule is CC1CCN(c2ccc([N+](=O)[O-])cc2C(=O)OCC(=O)N(C)C(C)C)CC1. The number of hydrogen-bond donors (Lipinski definition) is 0. The van der Waals surface area contributed by atoms with E-state index < -0.39 is 17.5 Å². The molecule has 0 saturated carbocycles. The Balaban J connectivity index is 2.21. The molecule has 0 unspecified atom stereocenters. The third kappa shape index (κ3) is 5.18. The summed E-state index contributed by atoms with van der Waals surface area (Å²) in [4.78, 5) is 38.7. The number of nitro groups is 1. The second-order valence-electron chi connectivity index (χ2n) is 7.30. The molecule has 1 saturated heterocycles. The number of anilines is 1. The number of rotatable bonds is 6. The molecule has 0 aromatic heterocycles. The molecule has 1 aromatic carbocycles. The van der Waals surface area contributed by atoms with E-state index in [1.54, 1.807) is 13.1 Å². The number of carbonyl (C=O) groups excluding carboxylic acids is 2. The largest absolute Gasteiger partial charge is 0.452 e. The molecule has 1 fully saturated rings. The van der Waals surface area contributed by atoms with Gasteiger partial charge in [-0.3, -0.25) is 14.9 Å². The molecule has 0 bridgehead atoms. The Morgan fingerprint density at radius 3 is 2.52 bits per heavy atom. The molecule has 0 aliphatic carbocycles. The molecule has 1 heterocycles. The van der Waals surface area contributed by atoms with Crippen LogP contribution in [0.2, 0.25) is 0 Å². The van der Waals surface area contributed by atoms with E-state index in [0.29, 0.717) is 11.6 Å². The molecule has 148 valence electrons. The predicted molar refractivity (Wildman–Crippen MR) is 102 cm³/mol. The third-order valence-corrected chi connectivity index (χ3v) is 5.03. The second-order valence-corrected chi connectivity index (χ2v) is 7.30. The Morgan fingerprint density at radius 1 is 1.33 bits per heavy atom. The third-order valence-electron chi connectivity index (χ3n) is 5.03. The van der Waals surface area contributed by atoms with Crippen LogP contribution in [0.4, 0.5) is 11.4 Å². The van der Waals surface area contributed by atoms with Crippen molar-refractivity contribution in [1.29, 1.82) is 0 Å². The van der Waals surface area contributed by atoms with Crippen LogP contribution in [-0.4, -0.2) is 54.5 Å². The fraction of sp³-hybridized carbons (Fsp3) is 0.579. The molecule has 8 nitrogen and oxygen atoms in total. The molecule has 1 aliphatic heterocycles. The van der Waals surface area contributed by atoms with Crippen LogP contribution in [0.15, 0.2) is 18.2 Å². The molecule has 0 spiro atoms. The molecule has 27 heavy (non-hydrogen) atoms. The van der Waals surface area contributed by atoms with Gasteiger partial charge in [-0.05, 0) is 38.7 Å². The Hall–Kier alpha value is -2.64. The van der Waals surface area contributed by atoms with Gasteiger partial charge in [-0.2, -0.15) is 0 Å². The Labute approximate surface area is 159 Å². The minimum atomic E-state index is -0.724. The molecular weight excluding hydrogens is 350 g/mol. The fourth-order valence-corrected chi connectivity index (χ4v) is 2.92. The molecule has 0 atom stereocenters. The lowest BCUT2D eigenvalue weighted by Gasteiger charge is -2.33. The van der Waals surface area contributed by atoms with Crippen molar-refractivity contribution in [2.45, 2.75) is 39.7 Å². The van der Waals surface area contributed by atoms with E-state index in [0.717, 1.165) is 25.9 Å². The van der Waals surface area contributed by atoms with E-state index in [-0.39, 0.29) is 23.2 Å². The number of hydrogen-bond acceptors (Lipinski definition) is 6. The van der Waals surface area contributed by atoms with E-state index in [9.17, 15) is 19.7 Å². The first-order chi connectivity index (χ1) is 12.7. The second kappa shape index (κ2) is 8.83. The van der Waals surface area contributed by atoms with Crippen molar-refractivity contribution < 1.29 is 19.2 Å². The molecule has 0 radical (unpaired) electrons. The van der Waals surface area contributed by atoms with Gasteiger partial charge in [0.25, 0.3) is 11.6 Å². The average Bonchev–Trinajstić information content (AvgIpc) is 2.65. The van der Waals surface area contributed by atoms with Crippen molar-refractivity contribution in [3.05, 3.63) is 33.9 Å². The van der Waals surface area contributed by atoms with Crippen LogP contribution in [0, 0.1) is 16.0 Å². The van der Waals surface area contributed by atoms with E-state index >= 15 is 0 Å². The predicted octanol–water partition coefficient (Wildman–Crippen LogP) is 2.85. The topological polar surface area (TPSA) is 93.0 Å². The van der Waals surface area contributed by atoms with E-state index in [1.165, 1.54) is 17.0 Å². The van der Waals surface area contributed by atoms with Gasteiger partial charge < -0.3 is 14.5 Å². The van der Waals surface area contributed by atoms with Gasteiger partial charge in [0.2, 0.25) is 0 Å². The van der Waals surface area contributed by atoms with Gasteiger partial charge in [-0.1, -0.05) is 6.92 Å². The number of benzene rings is 1. The van der Waals surface area contributed by atoms with Gasteiger partial charge >= 0.3 is 5.97 Å². The number of nitro benzene ring substituents is 1. The number of piperidine rings is 1. The maximum absolute atomic E-state index is 12.6. The molecule has 0 N–H and O–H groups in total. The van der Waals surface area contributed by atoms with Crippen molar-refractivity contribution in [2.24, 2.45) is 5.92 Å². The molecule has 2 rings (SSSR count). The molecule has 8 heteroatoms. The zero-order valence-electron chi connectivity index (χ0n) is 16.3.